The van der Waals surface area contributed by atoms with Crippen LogP contribution in [0.5, 0.6) is 0 Å². The van der Waals surface area contributed by atoms with Gasteiger partial charge in [-0.1, -0.05) is 83.3 Å². The van der Waals surface area contributed by atoms with E-state index in [1.807, 2.05) is 26.0 Å². The standard InChI is InChI=1S/C24H42O4/c1-4-5-6-7-8-9-10-11-12-13-16-19-27-23(25)21-17-14-15-18-22(21)24(26)28-20(2)3/h14-15,20-22H,4-13,16-19H2,1-3H3. The third-order valence-electron chi connectivity index (χ3n) is 5.38. The highest BCUT2D eigenvalue weighted by Gasteiger charge is 2.36. The maximum absolute atomic E-state index is 12.4. The van der Waals surface area contributed by atoms with Gasteiger partial charge in [0.05, 0.1) is 24.5 Å². The lowest BCUT2D eigenvalue weighted by Crippen LogP contribution is -2.34. The third-order valence-corrected chi connectivity index (χ3v) is 5.38. The van der Waals surface area contributed by atoms with Crippen LogP contribution in [0.3, 0.4) is 0 Å². The maximum atomic E-state index is 12.4. The van der Waals surface area contributed by atoms with Crippen molar-refractivity contribution in [1.29, 1.82) is 0 Å². The minimum Gasteiger partial charge on any atom is -0.465 e. The average molecular weight is 395 g/mol. The summed E-state index contributed by atoms with van der Waals surface area (Å²) < 4.78 is 10.8. The molecule has 0 fully saturated rings. The Balaban J connectivity index is 2.10. The van der Waals surface area contributed by atoms with Crippen molar-refractivity contribution in [2.75, 3.05) is 6.61 Å². The van der Waals surface area contributed by atoms with E-state index in [0.29, 0.717) is 19.4 Å². The van der Waals surface area contributed by atoms with Gasteiger partial charge in [0.1, 0.15) is 0 Å². The summed E-state index contributed by atoms with van der Waals surface area (Å²) in [6, 6.07) is 0. The van der Waals surface area contributed by atoms with E-state index < -0.39 is 11.8 Å². The van der Waals surface area contributed by atoms with Gasteiger partial charge >= 0.3 is 11.9 Å². The van der Waals surface area contributed by atoms with Crippen molar-refractivity contribution in [3.8, 4) is 0 Å². The molecule has 0 aromatic heterocycles. The summed E-state index contributed by atoms with van der Waals surface area (Å²) in [4.78, 5) is 24.7. The van der Waals surface area contributed by atoms with Gasteiger partial charge in [-0.25, -0.2) is 0 Å². The predicted molar refractivity (Wildman–Crippen MR) is 114 cm³/mol. The summed E-state index contributed by atoms with van der Waals surface area (Å²) in [6.45, 7) is 6.37. The number of rotatable bonds is 15. The van der Waals surface area contributed by atoms with E-state index in [4.69, 9.17) is 9.47 Å². The molecule has 0 bridgehead atoms. The van der Waals surface area contributed by atoms with Crippen molar-refractivity contribution in [3.05, 3.63) is 12.2 Å². The van der Waals surface area contributed by atoms with Crippen molar-refractivity contribution in [1.82, 2.24) is 0 Å². The van der Waals surface area contributed by atoms with E-state index in [1.165, 1.54) is 57.8 Å². The highest BCUT2D eigenvalue weighted by Crippen LogP contribution is 2.28. The van der Waals surface area contributed by atoms with E-state index in [1.54, 1.807) is 0 Å². The van der Waals surface area contributed by atoms with Gasteiger partial charge in [0.2, 0.25) is 0 Å². The molecule has 0 N–H and O–H groups in total. The zero-order chi connectivity index (χ0) is 20.6. The molecule has 2 atom stereocenters. The summed E-state index contributed by atoms with van der Waals surface area (Å²) >= 11 is 0. The van der Waals surface area contributed by atoms with E-state index in [2.05, 4.69) is 6.92 Å². The Kier molecular flexibility index (Phi) is 13.8. The molecule has 1 aliphatic rings. The minimum atomic E-state index is -0.405. The number of esters is 2. The van der Waals surface area contributed by atoms with E-state index in [9.17, 15) is 9.59 Å². The Morgan fingerprint density at radius 2 is 1.25 bits per heavy atom. The van der Waals surface area contributed by atoms with Crippen molar-refractivity contribution in [2.45, 2.75) is 110 Å². The Bertz CT molecular complexity index is 456. The molecule has 0 spiro atoms. The Labute approximate surface area is 172 Å². The molecule has 4 nitrogen and oxygen atoms in total. The Hall–Kier alpha value is -1.32. The first kappa shape index (κ1) is 24.7. The third kappa shape index (κ3) is 10.9. The first-order chi connectivity index (χ1) is 13.6. The molecule has 0 aliphatic heterocycles. The number of ether oxygens (including phenoxy) is 2. The van der Waals surface area contributed by atoms with Crippen LogP contribution in [-0.4, -0.2) is 24.6 Å². The minimum absolute atomic E-state index is 0.161. The molecule has 2 unspecified atom stereocenters. The number of carbonyl (C=O) groups excluding carboxylic acids is 2. The second-order valence-corrected chi connectivity index (χ2v) is 8.34. The van der Waals surface area contributed by atoms with Crippen LogP contribution in [0, 0.1) is 11.8 Å². The van der Waals surface area contributed by atoms with Crippen LogP contribution < -0.4 is 0 Å². The SMILES string of the molecule is CCCCCCCCCCCCCOC(=O)C1CC=CCC1C(=O)OC(C)C. The molecular weight excluding hydrogens is 352 g/mol. The van der Waals surface area contributed by atoms with Crippen LogP contribution in [0.2, 0.25) is 0 Å². The fourth-order valence-corrected chi connectivity index (χ4v) is 3.70. The van der Waals surface area contributed by atoms with Crippen LogP contribution in [0.15, 0.2) is 12.2 Å². The van der Waals surface area contributed by atoms with E-state index in [0.717, 1.165) is 12.8 Å². The van der Waals surface area contributed by atoms with Gasteiger partial charge in [0, 0.05) is 0 Å². The largest absolute Gasteiger partial charge is 0.465 e. The fourth-order valence-electron chi connectivity index (χ4n) is 3.70. The summed E-state index contributed by atoms with van der Waals surface area (Å²) in [5.41, 5.74) is 0. The quantitative estimate of drug-likeness (QED) is 0.184. The molecular formula is C24H42O4. The van der Waals surface area contributed by atoms with Gasteiger partial charge in [-0.05, 0) is 33.1 Å². The molecule has 0 heterocycles. The van der Waals surface area contributed by atoms with E-state index in [-0.39, 0.29) is 18.0 Å². The first-order valence-corrected chi connectivity index (χ1v) is 11.6. The van der Waals surface area contributed by atoms with E-state index >= 15 is 0 Å². The number of hydrogen-bond acceptors (Lipinski definition) is 4. The molecule has 28 heavy (non-hydrogen) atoms. The number of allylic oxidation sites excluding steroid dienone is 2. The van der Waals surface area contributed by atoms with Gasteiger partial charge < -0.3 is 9.47 Å². The van der Waals surface area contributed by atoms with Crippen molar-refractivity contribution in [2.24, 2.45) is 11.8 Å². The van der Waals surface area contributed by atoms with Crippen molar-refractivity contribution in [3.63, 3.8) is 0 Å². The topological polar surface area (TPSA) is 52.6 Å². The summed E-state index contributed by atoms with van der Waals surface area (Å²) in [5.74, 6) is -1.33. The van der Waals surface area contributed by atoms with Crippen molar-refractivity contribution < 1.29 is 19.1 Å². The van der Waals surface area contributed by atoms with Gasteiger partial charge in [-0.15, -0.1) is 0 Å². The summed E-state index contributed by atoms with van der Waals surface area (Å²) in [5, 5.41) is 0. The molecule has 1 aliphatic carbocycles. The van der Waals surface area contributed by atoms with Gasteiger partial charge in [0.15, 0.2) is 0 Å². The van der Waals surface area contributed by atoms with Gasteiger partial charge in [0.25, 0.3) is 0 Å². The monoisotopic (exact) mass is 394 g/mol. The molecule has 4 heteroatoms. The fraction of sp³-hybridized carbons (Fsp3) is 0.833. The number of carbonyl (C=O) groups is 2. The molecule has 0 aromatic rings. The molecule has 0 saturated carbocycles. The van der Waals surface area contributed by atoms with Crippen LogP contribution in [0.25, 0.3) is 0 Å². The first-order valence-electron chi connectivity index (χ1n) is 11.6. The van der Waals surface area contributed by atoms with Gasteiger partial charge in [-0.2, -0.15) is 0 Å². The highest BCUT2D eigenvalue weighted by molar-refractivity contribution is 5.82. The summed E-state index contributed by atoms with van der Waals surface area (Å²) in [7, 11) is 0. The molecule has 0 radical (unpaired) electrons. The van der Waals surface area contributed by atoms with Crippen LogP contribution in [0.4, 0.5) is 0 Å². The molecule has 1 rings (SSSR count). The van der Waals surface area contributed by atoms with Crippen LogP contribution >= 0.6 is 0 Å². The van der Waals surface area contributed by atoms with Crippen LogP contribution in [0.1, 0.15) is 104 Å². The molecule has 0 amide bonds. The zero-order valence-corrected chi connectivity index (χ0v) is 18.4. The number of unbranched alkanes of at least 4 members (excludes halogenated alkanes) is 10. The normalized spacial score (nSPS) is 19.0. The molecule has 0 aromatic carbocycles. The Morgan fingerprint density at radius 1 is 0.786 bits per heavy atom. The second-order valence-electron chi connectivity index (χ2n) is 8.34. The smallest absolute Gasteiger partial charge is 0.310 e. The second kappa shape index (κ2) is 15.6. The maximum Gasteiger partial charge on any atom is 0.310 e. The van der Waals surface area contributed by atoms with Crippen molar-refractivity contribution >= 4 is 11.9 Å². The Morgan fingerprint density at radius 3 is 1.75 bits per heavy atom. The lowest BCUT2D eigenvalue weighted by molar-refractivity contribution is -0.163. The molecule has 0 saturated heterocycles. The molecule has 162 valence electrons. The summed E-state index contributed by atoms with van der Waals surface area (Å²) in [6.07, 6.45) is 18.9. The number of hydrogen-bond donors (Lipinski definition) is 0. The predicted octanol–water partition coefficient (Wildman–Crippen LogP) is 6.37. The van der Waals surface area contributed by atoms with Gasteiger partial charge in [-0.3, -0.25) is 9.59 Å². The zero-order valence-electron chi connectivity index (χ0n) is 18.4. The lowest BCUT2D eigenvalue weighted by atomic mass is 9.83. The van der Waals surface area contributed by atoms with Crippen LogP contribution in [-0.2, 0) is 19.1 Å². The lowest BCUT2D eigenvalue weighted by Gasteiger charge is -2.26. The highest BCUT2D eigenvalue weighted by atomic mass is 16.5. The average Bonchev–Trinajstić information content (AvgIpc) is 2.68.